The molecule has 2 heterocycles. The third-order valence-corrected chi connectivity index (χ3v) is 6.88. The van der Waals surface area contributed by atoms with Crippen molar-refractivity contribution in [3.8, 4) is 28.1 Å². The number of aromatic nitrogens is 2. The monoisotopic (exact) mass is 499 g/mol. The first-order valence-electron chi connectivity index (χ1n) is 12.4. The lowest BCUT2D eigenvalue weighted by molar-refractivity contribution is -0.143. The van der Waals surface area contributed by atoms with Crippen LogP contribution in [0.1, 0.15) is 24.8 Å². The molecule has 0 saturated heterocycles. The molecule has 8 nitrogen and oxygen atoms in total. The molecule has 1 fully saturated rings. The van der Waals surface area contributed by atoms with Crippen molar-refractivity contribution in [3.63, 3.8) is 0 Å². The lowest BCUT2D eigenvalue weighted by Gasteiger charge is -2.25. The van der Waals surface area contributed by atoms with Gasteiger partial charge in [0, 0.05) is 29.3 Å². The van der Waals surface area contributed by atoms with E-state index >= 15 is 0 Å². The van der Waals surface area contributed by atoms with Crippen LogP contribution in [0.25, 0.3) is 33.3 Å². The molecule has 1 aliphatic carbocycles. The minimum atomic E-state index is -1.11. The van der Waals surface area contributed by atoms with Crippen molar-refractivity contribution in [2.75, 3.05) is 13.2 Å². The van der Waals surface area contributed by atoms with Gasteiger partial charge in [0.2, 0.25) is 5.91 Å². The molecule has 5 rings (SSSR count). The second-order valence-electron chi connectivity index (χ2n) is 9.51. The smallest absolute Gasteiger partial charge is 0.328 e. The van der Waals surface area contributed by atoms with Gasteiger partial charge in [-0.1, -0.05) is 42.8 Å². The Morgan fingerprint density at radius 3 is 2.59 bits per heavy atom. The summed E-state index contributed by atoms with van der Waals surface area (Å²) in [7, 11) is 0. The van der Waals surface area contributed by atoms with E-state index < -0.39 is 12.0 Å². The van der Waals surface area contributed by atoms with E-state index in [-0.39, 0.29) is 24.7 Å². The van der Waals surface area contributed by atoms with Crippen LogP contribution in [0.15, 0.2) is 67.0 Å². The van der Waals surface area contributed by atoms with Crippen LogP contribution in [-0.4, -0.2) is 51.3 Å². The van der Waals surface area contributed by atoms with E-state index in [2.05, 4.69) is 15.3 Å². The Morgan fingerprint density at radius 2 is 1.89 bits per heavy atom. The fraction of sp³-hybridized carbons (Fsp3) is 0.276. The number of rotatable bonds is 10. The Bertz CT molecular complexity index is 1380. The van der Waals surface area contributed by atoms with Gasteiger partial charge in [-0.15, -0.1) is 0 Å². The molecular formula is C29H29N3O5. The van der Waals surface area contributed by atoms with E-state index in [0.717, 1.165) is 40.6 Å². The summed E-state index contributed by atoms with van der Waals surface area (Å²) in [5.41, 5.74) is 4.56. The number of carbonyl (C=O) groups is 2. The number of H-pyrrole nitrogens is 1. The minimum absolute atomic E-state index is 0.0426. The van der Waals surface area contributed by atoms with Crippen molar-refractivity contribution >= 4 is 22.8 Å². The molecule has 8 heteroatoms. The first-order chi connectivity index (χ1) is 18.0. The maximum Gasteiger partial charge on any atom is 0.328 e. The number of phenols is 1. The average molecular weight is 500 g/mol. The summed E-state index contributed by atoms with van der Waals surface area (Å²) in [4.78, 5) is 31.5. The topological polar surface area (TPSA) is 125 Å². The number of fused-ring (bicyclic) bond motifs is 1. The van der Waals surface area contributed by atoms with Gasteiger partial charge in [-0.05, 0) is 48.1 Å². The van der Waals surface area contributed by atoms with Crippen molar-refractivity contribution in [3.05, 3.63) is 72.6 Å². The molecule has 1 atom stereocenters. The highest BCUT2D eigenvalue weighted by Gasteiger charge is 2.23. The van der Waals surface area contributed by atoms with Gasteiger partial charge >= 0.3 is 5.97 Å². The van der Waals surface area contributed by atoms with Gasteiger partial charge in [-0.2, -0.15) is 0 Å². The minimum Gasteiger partial charge on any atom is -0.507 e. The Hall–Kier alpha value is -4.17. The predicted molar refractivity (Wildman–Crippen MR) is 140 cm³/mol. The van der Waals surface area contributed by atoms with Gasteiger partial charge in [0.1, 0.15) is 5.75 Å². The van der Waals surface area contributed by atoms with Crippen LogP contribution in [0.3, 0.4) is 0 Å². The zero-order valence-electron chi connectivity index (χ0n) is 20.3. The van der Waals surface area contributed by atoms with Crippen LogP contribution in [0.5, 0.6) is 5.75 Å². The number of ether oxygens (including phenoxy) is 1. The number of pyridine rings is 1. The molecule has 1 aliphatic rings. The number of carboxylic acids is 1. The number of nitrogens with one attached hydrogen (secondary N) is 2. The van der Waals surface area contributed by atoms with Crippen molar-refractivity contribution in [1.29, 1.82) is 0 Å². The summed E-state index contributed by atoms with van der Waals surface area (Å²) < 4.78 is 5.52. The number of phenolic OH excluding ortho intramolecular Hbond substituents is 1. The second kappa shape index (κ2) is 10.8. The number of para-hydroxylation sites is 1. The number of benzene rings is 2. The fourth-order valence-electron chi connectivity index (χ4n) is 4.53. The van der Waals surface area contributed by atoms with E-state index in [1.165, 1.54) is 6.42 Å². The molecule has 0 spiro atoms. The first kappa shape index (κ1) is 24.5. The largest absolute Gasteiger partial charge is 0.507 e. The third kappa shape index (κ3) is 5.65. The molecule has 4 N–H and O–H groups in total. The van der Waals surface area contributed by atoms with Gasteiger partial charge in [-0.3, -0.25) is 9.78 Å². The zero-order valence-corrected chi connectivity index (χ0v) is 20.3. The molecule has 37 heavy (non-hydrogen) atoms. The molecule has 0 radical (unpaired) electrons. The van der Waals surface area contributed by atoms with Gasteiger partial charge in [0.15, 0.2) is 6.04 Å². The van der Waals surface area contributed by atoms with Crippen LogP contribution >= 0.6 is 0 Å². The molecule has 4 aromatic rings. The molecule has 0 aliphatic heterocycles. The average Bonchev–Trinajstić information content (AvgIpc) is 3.29. The van der Waals surface area contributed by atoms with Crippen molar-refractivity contribution in [2.45, 2.75) is 31.7 Å². The summed E-state index contributed by atoms with van der Waals surface area (Å²) >= 11 is 0. The maximum absolute atomic E-state index is 12.5. The number of carbonyl (C=O) groups excluding carboxylic acids is 1. The Morgan fingerprint density at radius 1 is 1.11 bits per heavy atom. The zero-order chi connectivity index (χ0) is 25.8. The van der Waals surface area contributed by atoms with Crippen LogP contribution < -0.4 is 5.32 Å². The van der Waals surface area contributed by atoms with Crippen molar-refractivity contribution in [1.82, 2.24) is 15.3 Å². The second-order valence-corrected chi connectivity index (χ2v) is 9.51. The summed E-state index contributed by atoms with van der Waals surface area (Å²) in [6.45, 7) is 0.492. The van der Waals surface area contributed by atoms with Gasteiger partial charge in [-0.25, -0.2) is 4.79 Å². The van der Waals surface area contributed by atoms with Gasteiger partial charge in [0.25, 0.3) is 0 Å². The highest BCUT2D eigenvalue weighted by Crippen LogP contribution is 2.38. The molecule has 0 bridgehead atoms. The fourth-order valence-corrected chi connectivity index (χ4v) is 4.53. The number of aromatic amines is 1. The molecule has 1 saturated carbocycles. The van der Waals surface area contributed by atoms with E-state index in [0.29, 0.717) is 23.7 Å². The molecule has 1 amide bonds. The maximum atomic E-state index is 12.5. The van der Waals surface area contributed by atoms with E-state index in [1.807, 2.05) is 42.5 Å². The van der Waals surface area contributed by atoms with E-state index in [1.54, 1.807) is 24.5 Å². The summed E-state index contributed by atoms with van der Waals surface area (Å²) in [5.74, 6) is -0.841. The summed E-state index contributed by atoms with van der Waals surface area (Å²) in [5, 5.41) is 24.0. The molecule has 1 unspecified atom stereocenters. The Kier molecular flexibility index (Phi) is 7.18. The highest BCUT2D eigenvalue weighted by molar-refractivity contribution is 5.89. The van der Waals surface area contributed by atoms with Crippen LogP contribution in [0.4, 0.5) is 0 Å². The SMILES string of the molecule is O=C(Cc1ccc(-c2cccc(-c3cc4ccncc4[nH]3)c2O)cc1)NC(COCC1CCC1)C(=O)O. The summed E-state index contributed by atoms with van der Waals surface area (Å²) in [6.07, 6.45) is 6.94. The molecule has 190 valence electrons. The number of aromatic hydroxyl groups is 1. The first-order valence-corrected chi connectivity index (χ1v) is 12.4. The highest BCUT2D eigenvalue weighted by atomic mass is 16.5. The number of hydrogen-bond donors (Lipinski definition) is 4. The van der Waals surface area contributed by atoms with Crippen LogP contribution in [0, 0.1) is 5.92 Å². The number of hydrogen-bond acceptors (Lipinski definition) is 5. The predicted octanol–water partition coefficient (Wildman–Crippen LogP) is 4.53. The molecule has 2 aromatic heterocycles. The van der Waals surface area contributed by atoms with Crippen LogP contribution in [-0.2, 0) is 20.7 Å². The van der Waals surface area contributed by atoms with E-state index in [4.69, 9.17) is 4.74 Å². The lowest BCUT2D eigenvalue weighted by Crippen LogP contribution is -2.45. The lowest BCUT2D eigenvalue weighted by atomic mass is 9.86. The molecular weight excluding hydrogens is 470 g/mol. The van der Waals surface area contributed by atoms with Crippen molar-refractivity contribution in [2.24, 2.45) is 5.92 Å². The number of nitrogens with zero attached hydrogens (tertiary/aromatic N) is 1. The molecule has 2 aromatic carbocycles. The Balaban J connectivity index is 1.24. The quantitative estimate of drug-likeness (QED) is 0.254. The standard InChI is InChI=1S/C29H29N3O5/c33-27(32-26(29(35)36)17-37-16-19-3-1-4-19)13-18-7-9-20(10-8-18)22-5-2-6-23(28(22)34)24-14-21-11-12-30-15-25(21)31-24/h2,5-12,14-15,19,26,31,34H,1,3-4,13,16-17H2,(H,32,33)(H,35,36). The number of amides is 1. The Labute approximate surface area is 214 Å². The third-order valence-electron chi connectivity index (χ3n) is 6.88. The van der Waals surface area contributed by atoms with Gasteiger partial charge < -0.3 is 25.3 Å². The van der Waals surface area contributed by atoms with Gasteiger partial charge in [0.05, 0.1) is 30.4 Å². The van der Waals surface area contributed by atoms with E-state index in [9.17, 15) is 19.8 Å². The summed E-state index contributed by atoms with van der Waals surface area (Å²) in [6, 6.07) is 15.7. The normalized spacial score (nSPS) is 14.3. The van der Waals surface area contributed by atoms with Crippen LogP contribution in [0.2, 0.25) is 0 Å². The van der Waals surface area contributed by atoms with Crippen molar-refractivity contribution < 1.29 is 24.5 Å². The number of carboxylic acid groups (broad SMARTS) is 1. The number of aliphatic carboxylic acids is 1.